The van der Waals surface area contributed by atoms with Gasteiger partial charge in [0.15, 0.2) is 0 Å². The summed E-state index contributed by atoms with van der Waals surface area (Å²) < 4.78 is 0. The van der Waals surface area contributed by atoms with Crippen molar-refractivity contribution in [1.29, 1.82) is 0 Å². The summed E-state index contributed by atoms with van der Waals surface area (Å²) in [5.74, 6) is 5.85. The monoisotopic (exact) mass is 245 g/mol. The summed E-state index contributed by atoms with van der Waals surface area (Å²) >= 11 is 0. The maximum Gasteiger partial charge on any atom is 0.227 e. The van der Waals surface area contributed by atoms with Gasteiger partial charge in [0.25, 0.3) is 0 Å². The van der Waals surface area contributed by atoms with Gasteiger partial charge in [0.2, 0.25) is 5.91 Å². The van der Waals surface area contributed by atoms with Crippen molar-refractivity contribution in [3.8, 4) is 11.8 Å². The number of anilines is 1. The molecule has 2 N–H and O–H groups in total. The number of hydrogen-bond donors (Lipinski definition) is 2. The van der Waals surface area contributed by atoms with Gasteiger partial charge in [-0.3, -0.25) is 4.79 Å². The second-order valence-corrected chi connectivity index (χ2v) is 4.15. The van der Waals surface area contributed by atoms with Crippen molar-refractivity contribution in [2.24, 2.45) is 5.92 Å². The molecule has 0 aliphatic carbocycles. The van der Waals surface area contributed by atoms with Crippen LogP contribution < -0.4 is 5.32 Å². The molecule has 1 aromatic rings. The van der Waals surface area contributed by atoms with Crippen LogP contribution in [0.5, 0.6) is 0 Å². The van der Waals surface area contributed by atoms with Crippen molar-refractivity contribution in [3.05, 3.63) is 29.8 Å². The molecular formula is C15H19NO2. The second kappa shape index (κ2) is 7.52. The third-order valence-corrected chi connectivity index (χ3v) is 2.68. The lowest BCUT2D eigenvalue weighted by molar-refractivity contribution is -0.119. The number of carbonyl (C=O) groups is 1. The van der Waals surface area contributed by atoms with Gasteiger partial charge < -0.3 is 10.4 Å². The Morgan fingerprint density at radius 3 is 2.61 bits per heavy atom. The summed E-state index contributed by atoms with van der Waals surface area (Å²) in [5.41, 5.74) is 1.66. The van der Waals surface area contributed by atoms with E-state index in [1.807, 2.05) is 38.1 Å². The average molecular weight is 245 g/mol. The molecule has 18 heavy (non-hydrogen) atoms. The fourth-order valence-electron chi connectivity index (χ4n) is 1.31. The fourth-order valence-corrected chi connectivity index (χ4v) is 1.31. The molecule has 96 valence electrons. The predicted molar refractivity (Wildman–Crippen MR) is 73.1 cm³/mol. The molecular weight excluding hydrogens is 226 g/mol. The number of nitrogens with one attached hydrogen (secondary N) is 1. The number of aliphatic hydroxyl groups is 1. The van der Waals surface area contributed by atoms with Crippen molar-refractivity contribution in [2.45, 2.75) is 26.7 Å². The molecule has 0 aliphatic rings. The van der Waals surface area contributed by atoms with Crippen LogP contribution in [0.3, 0.4) is 0 Å². The molecule has 1 unspecified atom stereocenters. The Kier molecular flexibility index (Phi) is 5.96. The molecule has 3 nitrogen and oxygen atoms in total. The van der Waals surface area contributed by atoms with Crippen molar-refractivity contribution < 1.29 is 9.90 Å². The summed E-state index contributed by atoms with van der Waals surface area (Å²) in [6.45, 7) is 3.98. The molecule has 1 atom stereocenters. The van der Waals surface area contributed by atoms with Gasteiger partial charge in [-0.05, 0) is 30.7 Å². The largest absolute Gasteiger partial charge is 0.395 e. The third kappa shape index (κ3) is 4.60. The first-order valence-electron chi connectivity index (χ1n) is 6.18. The van der Waals surface area contributed by atoms with Gasteiger partial charge in [-0.1, -0.05) is 25.7 Å². The lowest BCUT2D eigenvalue weighted by atomic mass is 10.1. The van der Waals surface area contributed by atoms with E-state index in [9.17, 15) is 4.79 Å². The molecule has 1 aromatic carbocycles. The highest BCUT2D eigenvalue weighted by Crippen LogP contribution is 2.11. The summed E-state index contributed by atoms with van der Waals surface area (Å²) in [4.78, 5) is 11.7. The zero-order chi connectivity index (χ0) is 13.4. The lowest BCUT2D eigenvalue weighted by Gasteiger charge is -2.09. The summed E-state index contributed by atoms with van der Waals surface area (Å²) in [6.07, 6.45) is 1.31. The predicted octanol–water partition coefficient (Wildman–Crippen LogP) is 2.41. The fraction of sp³-hybridized carbons (Fsp3) is 0.400. The van der Waals surface area contributed by atoms with Crippen LogP contribution >= 0.6 is 0 Å². The SMILES string of the molecule is CCC(C)C(=O)Nc1ccc(C#CCCO)cc1. The van der Waals surface area contributed by atoms with Gasteiger partial charge >= 0.3 is 0 Å². The highest BCUT2D eigenvalue weighted by Gasteiger charge is 2.09. The number of aliphatic hydroxyl groups excluding tert-OH is 1. The Morgan fingerprint density at radius 1 is 1.39 bits per heavy atom. The number of amides is 1. The van der Waals surface area contributed by atoms with Gasteiger partial charge in [0.1, 0.15) is 0 Å². The smallest absolute Gasteiger partial charge is 0.227 e. The van der Waals surface area contributed by atoms with Crippen LogP contribution in [0.25, 0.3) is 0 Å². The van der Waals surface area contributed by atoms with Crippen molar-refractivity contribution >= 4 is 11.6 Å². The Balaban J connectivity index is 2.61. The average Bonchev–Trinajstić information content (AvgIpc) is 2.40. The van der Waals surface area contributed by atoms with Crippen LogP contribution in [0.1, 0.15) is 32.3 Å². The van der Waals surface area contributed by atoms with E-state index in [2.05, 4.69) is 17.2 Å². The number of benzene rings is 1. The molecule has 0 saturated heterocycles. The first kappa shape index (κ1) is 14.3. The first-order chi connectivity index (χ1) is 8.67. The van der Waals surface area contributed by atoms with Gasteiger partial charge in [0.05, 0.1) is 6.61 Å². The van der Waals surface area contributed by atoms with Crippen LogP contribution in [0.15, 0.2) is 24.3 Å². The summed E-state index contributed by atoms with van der Waals surface area (Å²) in [7, 11) is 0. The lowest BCUT2D eigenvalue weighted by Crippen LogP contribution is -2.19. The molecule has 0 aliphatic heterocycles. The topological polar surface area (TPSA) is 49.3 Å². The van der Waals surface area contributed by atoms with Crippen molar-refractivity contribution in [3.63, 3.8) is 0 Å². The van der Waals surface area contributed by atoms with Gasteiger partial charge in [-0.2, -0.15) is 0 Å². The van der Waals surface area contributed by atoms with Gasteiger partial charge in [0, 0.05) is 23.6 Å². The van der Waals surface area contributed by atoms with E-state index < -0.39 is 0 Å². The molecule has 3 heteroatoms. The van der Waals surface area contributed by atoms with E-state index in [4.69, 9.17) is 5.11 Å². The maximum absolute atomic E-state index is 11.7. The van der Waals surface area contributed by atoms with Crippen LogP contribution in [0.2, 0.25) is 0 Å². The van der Waals surface area contributed by atoms with Crippen molar-refractivity contribution in [1.82, 2.24) is 0 Å². The molecule has 0 radical (unpaired) electrons. The Bertz CT molecular complexity index is 440. The van der Waals surface area contributed by atoms with E-state index in [0.29, 0.717) is 6.42 Å². The number of rotatable bonds is 4. The summed E-state index contributed by atoms with van der Waals surface area (Å²) in [5, 5.41) is 11.5. The van der Waals surface area contributed by atoms with E-state index in [-0.39, 0.29) is 18.4 Å². The standard InChI is InChI=1S/C15H19NO2/c1-3-12(2)15(18)16-14-9-7-13(8-10-14)6-4-5-11-17/h7-10,12,17H,3,5,11H2,1-2H3,(H,16,18). The van der Waals surface area contributed by atoms with E-state index in [0.717, 1.165) is 17.7 Å². The van der Waals surface area contributed by atoms with E-state index in [1.165, 1.54) is 0 Å². The van der Waals surface area contributed by atoms with Crippen LogP contribution in [0, 0.1) is 17.8 Å². The molecule has 1 rings (SSSR count). The molecule has 0 aromatic heterocycles. The second-order valence-electron chi connectivity index (χ2n) is 4.15. The van der Waals surface area contributed by atoms with Crippen LogP contribution in [0.4, 0.5) is 5.69 Å². The summed E-state index contributed by atoms with van der Waals surface area (Å²) in [6, 6.07) is 7.39. The van der Waals surface area contributed by atoms with Gasteiger partial charge in [-0.15, -0.1) is 0 Å². The van der Waals surface area contributed by atoms with Crippen LogP contribution in [-0.4, -0.2) is 17.6 Å². The third-order valence-electron chi connectivity index (χ3n) is 2.68. The van der Waals surface area contributed by atoms with Gasteiger partial charge in [-0.25, -0.2) is 0 Å². The minimum atomic E-state index is 0.0222. The highest BCUT2D eigenvalue weighted by atomic mass is 16.2. The Labute approximate surface area is 108 Å². The molecule has 0 bridgehead atoms. The number of hydrogen-bond acceptors (Lipinski definition) is 2. The molecule has 0 spiro atoms. The molecule has 1 amide bonds. The number of carbonyl (C=O) groups excluding carboxylic acids is 1. The quantitative estimate of drug-likeness (QED) is 0.800. The zero-order valence-corrected chi connectivity index (χ0v) is 10.9. The van der Waals surface area contributed by atoms with E-state index in [1.54, 1.807) is 0 Å². The first-order valence-corrected chi connectivity index (χ1v) is 6.18. The maximum atomic E-state index is 11.7. The normalized spacial score (nSPS) is 11.3. The minimum Gasteiger partial charge on any atom is -0.395 e. The van der Waals surface area contributed by atoms with E-state index >= 15 is 0 Å². The Morgan fingerprint density at radius 2 is 2.06 bits per heavy atom. The molecule has 0 fully saturated rings. The van der Waals surface area contributed by atoms with Crippen LogP contribution in [-0.2, 0) is 4.79 Å². The minimum absolute atomic E-state index is 0.0222. The highest BCUT2D eigenvalue weighted by molar-refractivity contribution is 5.92. The molecule has 0 saturated carbocycles. The van der Waals surface area contributed by atoms with Crippen molar-refractivity contribution in [2.75, 3.05) is 11.9 Å². The zero-order valence-electron chi connectivity index (χ0n) is 10.9. The molecule has 0 heterocycles. The Hall–Kier alpha value is -1.79.